The molecule has 2 amide bonds. The molecule has 1 aromatic rings. The molecule has 0 saturated carbocycles. The molecule has 0 aromatic heterocycles. The van der Waals surface area contributed by atoms with E-state index in [9.17, 15) is 9.59 Å². The summed E-state index contributed by atoms with van der Waals surface area (Å²) in [6.45, 7) is 9.00. The first-order valence-corrected chi connectivity index (χ1v) is 10.3. The molecular weight excluding hydrogens is 340 g/mol. The summed E-state index contributed by atoms with van der Waals surface area (Å²) < 4.78 is 5.73. The number of carbonyl (C=O) groups is 2. The van der Waals surface area contributed by atoms with Crippen molar-refractivity contribution in [2.24, 2.45) is 11.8 Å². The van der Waals surface area contributed by atoms with Crippen molar-refractivity contribution in [2.75, 3.05) is 26.2 Å². The van der Waals surface area contributed by atoms with Crippen LogP contribution in [0.4, 0.5) is 0 Å². The summed E-state index contributed by atoms with van der Waals surface area (Å²) in [6, 6.07) is 7.39. The van der Waals surface area contributed by atoms with Gasteiger partial charge in [-0.15, -0.1) is 0 Å². The van der Waals surface area contributed by atoms with Gasteiger partial charge in [-0.05, 0) is 43.4 Å². The minimum absolute atomic E-state index is 0.0202. The second-order valence-corrected chi connectivity index (χ2v) is 7.80. The van der Waals surface area contributed by atoms with Crippen LogP contribution in [0.1, 0.15) is 63.2 Å². The predicted octanol–water partition coefficient (Wildman–Crippen LogP) is 3.88. The van der Waals surface area contributed by atoms with Gasteiger partial charge in [0, 0.05) is 31.1 Å². The summed E-state index contributed by atoms with van der Waals surface area (Å²) in [5.74, 6) is 1.36. The smallest absolute Gasteiger partial charge is 0.253 e. The topological polar surface area (TPSA) is 58.6 Å². The van der Waals surface area contributed by atoms with Crippen LogP contribution in [0, 0.1) is 11.8 Å². The van der Waals surface area contributed by atoms with Crippen molar-refractivity contribution in [3.05, 3.63) is 29.8 Å². The molecule has 150 valence electrons. The Hall–Kier alpha value is -2.04. The number of hydrogen-bond donors (Lipinski definition) is 1. The summed E-state index contributed by atoms with van der Waals surface area (Å²) >= 11 is 0. The molecule has 27 heavy (non-hydrogen) atoms. The highest BCUT2D eigenvalue weighted by atomic mass is 16.5. The monoisotopic (exact) mass is 374 g/mol. The van der Waals surface area contributed by atoms with E-state index in [4.69, 9.17) is 4.74 Å². The Balaban J connectivity index is 1.82. The molecule has 1 saturated heterocycles. The van der Waals surface area contributed by atoms with E-state index in [1.807, 2.05) is 29.2 Å². The first-order chi connectivity index (χ1) is 13.0. The number of nitrogens with zero attached hydrogens (tertiary/aromatic N) is 1. The fraction of sp³-hybridized carbons (Fsp3) is 0.636. The largest absolute Gasteiger partial charge is 0.493 e. The van der Waals surface area contributed by atoms with Crippen LogP contribution < -0.4 is 10.1 Å². The average molecular weight is 375 g/mol. The average Bonchev–Trinajstić information content (AvgIpc) is 2.69. The minimum Gasteiger partial charge on any atom is -0.493 e. The quantitative estimate of drug-likeness (QED) is 0.667. The Labute approximate surface area is 163 Å². The van der Waals surface area contributed by atoms with Crippen LogP contribution in [0.25, 0.3) is 0 Å². The van der Waals surface area contributed by atoms with Crippen molar-refractivity contribution in [1.82, 2.24) is 10.2 Å². The van der Waals surface area contributed by atoms with E-state index in [2.05, 4.69) is 26.1 Å². The third-order valence-electron chi connectivity index (χ3n) is 4.90. The van der Waals surface area contributed by atoms with Gasteiger partial charge in [0.1, 0.15) is 5.75 Å². The highest BCUT2D eigenvalue weighted by molar-refractivity contribution is 5.94. The Kier molecular flexibility index (Phi) is 8.62. The summed E-state index contributed by atoms with van der Waals surface area (Å²) in [7, 11) is 0. The van der Waals surface area contributed by atoms with E-state index < -0.39 is 0 Å². The van der Waals surface area contributed by atoms with Crippen LogP contribution in [0.3, 0.4) is 0 Å². The number of piperidine rings is 1. The van der Waals surface area contributed by atoms with Gasteiger partial charge in [0.25, 0.3) is 5.91 Å². The lowest BCUT2D eigenvalue weighted by Gasteiger charge is -2.31. The molecule has 1 fully saturated rings. The molecule has 0 spiro atoms. The lowest BCUT2D eigenvalue weighted by molar-refractivity contribution is -0.126. The van der Waals surface area contributed by atoms with E-state index in [1.54, 1.807) is 0 Å². The van der Waals surface area contributed by atoms with Gasteiger partial charge in [-0.1, -0.05) is 39.7 Å². The van der Waals surface area contributed by atoms with Gasteiger partial charge < -0.3 is 15.0 Å². The zero-order valence-electron chi connectivity index (χ0n) is 17.0. The highest BCUT2D eigenvalue weighted by Gasteiger charge is 2.27. The van der Waals surface area contributed by atoms with Gasteiger partial charge in [0.05, 0.1) is 6.61 Å². The molecule has 2 rings (SSSR count). The molecule has 1 heterocycles. The zero-order chi connectivity index (χ0) is 19.6. The molecule has 1 aliphatic heterocycles. The molecule has 0 aliphatic carbocycles. The van der Waals surface area contributed by atoms with Gasteiger partial charge in [-0.3, -0.25) is 9.59 Å². The number of likely N-dealkylation sites (tertiary alicyclic amines) is 1. The van der Waals surface area contributed by atoms with E-state index in [0.29, 0.717) is 31.2 Å². The van der Waals surface area contributed by atoms with E-state index in [-0.39, 0.29) is 17.7 Å². The van der Waals surface area contributed by atoms with E-state index >= 15 is 0 Å². The number of amides is 2. The Bertz CT molecular complexity index is 607. The second kappa shape index (κ2) is 11.0. The van der Waals surface area contributed by atoms with Crippen molar-refractivity contribution in [2.45, 2.75) is 52.9 Å². The molecular formula is C22H34N2O3. The summed E-state index contributed by atoms with van der Waals surface area (Å²) in [5, 5.41) is 3.03. The summed E-state index contributed by atoms with van der Waals surface area (Å²) in [5.41, 5.74) is 0.652. The van der Waals surface area contributed by atoms with Crippen LogP contribution >= 0.6 is 0 Å². The molecule has 1 aromatic carbocycles. The Morgan fingerprint density at radius 1 is 1.22 bits per heavy atom. The molecule has 0 radical (unpaired) electrons. The van der Waals surface area contributed by atoms with Crippen molar-refractivity contribution in [3.63, 3.8) is 0 Å². The standard InChI is InChI=1S/C22H34N2O3/c1-4-5-6-12-23-21(25)18-10-13-24(14-11-18)22(26)19-8-7-9-20(15-19)27-16-17(2)3/h7-9,15,17-18H,4-6,10-14,16H2,1-3H3,(H,23,25). The van der Waals surface area contributed by atoms with Crippen molar-refractivity contribution in [1.29, 1.82) is 0 Å². The van der Waals surface area contributed by atoms with Crippen LogP contribution in [0.2, 0.25) is 0 Å². The normalized spacial score (nSPS) is 15.0. The number of unbranched alkanes of at least 4 members (excludes halogenated alkanes) is 2. The number of carbonyl (C=O) groups excluding carboxylic acids is 2. The van der Waals surface area contributed by atoms with Gasteiger partial charge in [-0.2, -0.15) is 0 Å². The van der Waals surface area contributed by atoms with Crippen molar-refractivity contribution < 1.29 is 14.3 Å². The number of ether oxygens (including phenoxy) is 1. The third kappa shape index (κ3) is 6.89. The maximum Gasteiger partial charge on any atom is 0.253 e. The Morgan fingerprint density at radius 2 is 1.96 bits per heavy atom. The first kappa shape index (κ1) is 21.3. The summed E-state index contributed by atoms with van der Waals surface area (Å²) in [4.78, 5) is 26.9. The van der Waals surface area contributed by atoms with Crippen molar-refractivity contribution in [3.8, 4) is 5.75 Å². The van der Waals surface area contributed by atoms with Gasteiger partial charge in [-0.25, -0.2) is 0 Å². The molecule has 5 nitrogen and oxygen atoms in total. The summed E-state index contributed by atoms with van der Waals surface area (Å²) in [6.07, 6.45) is 4.80. The number of hydrogen-bond acceptors (Lipinski definition) is 3. The molecule has 5 heteroatoms. The maximum absolute atomic E-state index is 12.8. The SMILES string of the molecule is CCCCCNC(=O)C1CCN(C(=O)c2cccc(OCC(C)C)c2)CC1. The molecule has 0 unspecified atom stereocenters. The molecule has 1 N–H and O–H groups in total. The number of benzene rings is 1. The van der Waals surface area contributed by atoms with Gasteiger partial charge in [0.15, 0.2) is 0 Å². The third-order valence-corrected chi connectivity index (χ3v) is 4.90. The fourth-order valence-corrected chi connectivity index (χ4v) is 3.24. The maximum atomic E-state index is 12.8. The number of rotatable bonds is 9. The van der Waals surface area contributed by atoms with Gasteiger partial charge >= 0.3 is 0 Å². The van der Waals surface area contributed by atoms with E-state index in [1.165, 1.54) is 0 Å². The van der Waals surface area contributed by atoms with Crippen LogP contribution in [-0.4, -0.2) is 43.0 Å². The fourth-order valence-electron chi connectivity index (χ4n) is 3.24. The lowest BCUT2D eigenvalue weighted by Crippen LogP contribution is -2.43. The molecule has 0 atom stereocenters. The van der Waals surface area contributed by atoms with Gasteiger partial charge in [0.2, 0.25) is 5.91 Å². The highest BCUT2D eigenvalue weighted by Crippen LogP contribution is 2.21. The zero-order valence-corrected chi connectivity index (χ0v) is 17.0. The lowest BCUT2D eigenvalue weighted by atomic mass is 9.95. The molecule has 0 bridgehead atoms. The Morgan fingerprint density at radius 3 is 2.63 bits per heavy atom. The van der Waals surface area contributed by atoms with Crippen molar-refractivity contribution >= 4 is 11.8 Å². The first-order valence-electron chi connectivity index (χ1n) is 10.3. The molecule has 1 aliphatic rings. The van der Waals surface area contributed by atoms with Crippen LogP contribution in [0.5, 0.6) is 5.75 Å². The minimum atomic E-state index is 0.0202. The predicted molar refractivity (Wildman–Crippen MR) is 108 cm³/mol. The van der Waals surface area contributed by atoms with Crippen LogP contribution in [-0.2, 0) is 4.79 Å². The second-order valence-electron chi connectivity index (χ2n) is 7.80. The van der Waals surface area contributed by atoms with Crippen LogP contribution in [0.15, 0.2) is 24.3 Å². The number of nitrogens with one attached hydrogen (secondary N) is 1. The van der Waals surface area contributed by atoms with E-state index in [0.717, 1.165) is 44.4 Å².